The van der Waals surface area contributed by atoms with Gasteiger partial charge in [0.25, 0.3) is 0 Å². The number of thiophene rings is 1. The molecule has 19 heavy (non-hydrogen) atoms. The zero-order chi connectivity index (χ0) is 14.2. The lowest BCUT2D eigenvalue weighted by atomic mass is 10.0. The minimum Gasteiger partial charge on any atom is -0.444 e. The van der Waals surface area contributed by atoms with E-state index in [2.05, 4.69) is 0 Å². The Kier molecular flexibility index (Phi) is 3.67. The third-order valence-electron chi connectivity index (χ3n) is 3.11. The molecule has 104 valence electrons. The van der Waals surface area contributed by atoms with Gasteiger partial charge in [0.1, 0.15) is 5.60 Å². The van der Waals surface area contributed by atoms with Gasteiger partial charge in [-0.15, -0.1) is 11.3 Å². The average molecular weight is 281 g/mol. The van der Waals surface area contributed by atoms with E-state index in [1.54, 1.807) is 16.2 Å². The minimum absolute atomic E-state index is 0.281. The van der Waals surface area contributed by atoms with E-state index in [9.17, 15) is 9.59 Å². The van der Waals surface area contributed by atoms with E-state index in [0.29, 0.717) is 13.1 Å². The second-order valence-corrected chi connectivity index (χ2v) is 6.90. The fraction of sp³-hybridized carbons (Fsp3) is 0.571. The molecule has 1 amide bonds. The number of amides is 1. The molecule has 0 aliphatic carbocycles. The standard InChI is InChI=1S/C14H19NO3S/c1-9-10-7-15(13(17)18-14(2,3)4)6-5-11(10)19-12(9)8-16/h8H,5-7H2,1-4H3. The van der Waals surface area contributed by atoms with E-state index in [0.717, 1.165) is 28.7 Å². The summed E-state index contributed by atoms with van der Waals surface area (Å²) in [6.45, 7) is 8.72. The number of carbonyl (C=O) groups excluding carboxylic acids is 2. The molecule has 0 fully saturated rings. The van der Waals surface area contributed by atoms with E-state index in [1.807, 2.05) is 27.7 Å². The van der Waals surface area contributed by atoms with Gasteiger partial charge in [0.05, 0.1) is 11.4 Å². The Bertz CT molecular complexity index is 513. The number of hydrogen-bond acceptors (Lipinski definition) is 4. The Labute approximate surface area is 117 Å². The summed E-state index contributed by atoms with van der Waals surface area (Å²) in [5.74, 6) is 0. The first kappa shape index (κ1) is 14.1. The van der Waals surface area contributed by atoms with Crippen molar-refractivity contribution in [3.8, 4) is 0 Å². The van der Waals surface area contributed by atoms with Crippen molar-refractivity contribution in [1.82, 2.24) is 4.90 Å². The number of aldehydes is 1. The molecule has 0 atom stereocenters. The fourth-order valence-electron chi connectivity index (χ4n) is 2.14. The van der Waals surface area contributed by atoms with Crippen LogP contribution >= 0.6 is 11.3 Å². The van der Waals surface area contributed by atoms with Crippen LogP contribution in [0.15, 0.2) is 0 Å². The molecule has 0 N–H and O–H groups in total. The van der Waals surface area contributed by atoms with Crippen LogP contribution in [0.2, 0.25) is 0 Å². The van der Waals surface area contributed by atoms with Crippen molar-refractivity contribution in [1.29, 1.82) is 0 Å². The van der Waals surface area contributed by atoms with Crippen molar-refractivity contribution in [2.75, 3.05) is 6.54 Å². The fourth-order valence-corrected chi connectivity index (χ4v) is 3.26. The summed E-state index contributed by atoms with van der Waals surface area (Å²) in [7, 11) is 0. The van der Waals surface area contributed by atoms with Gasteiger partial charge in [0.2, 0.25) is 0 Å². The number of fused-ring (bicyclic) bond motifs is 1. The summed E-state index contributed by atoms with van der Waals surface area (Å²) in [6, 6.07) is 0. The van der Waals surface area contributed by atoms with Crippen LogP contribution in [0.1, 0.15) is 46.4 Å². The maximum atomic E-state index is 12.0. The van der Waals surface area contributed by atoms with Crippen molar-refractivity contribution in [3.63, 3.8) is 0 Å². The van der Waals surface area contributed by atoms with E-state index in [-0.39, 0.29) is 6.09 Å². The summed E-state index contributed by atoms with van der Waals surface area (Å²) >= 11 is 1.54. The lowest BCUT2D eigenvalue weighted by molar-refractivity contribution is 0.0225. The predicted octanol–water partition coefficient (Wildman–Crippen LogP) is 3.16. The molecule has 0 radical (unpaired) electrons. The predicted molar refractivity (Wildman–Crippen MR) is 74.8 cm³/mol. The maximum absolute atomic E-state index is 12.0. The van der Waals surface area contributed by atoms with Crippen LogP contribution in [0.4, 0.5) is 4.79 Å². The third kappa shape index (κ3) is 2.97. The number of nitrogens with zero attached hydrogens (tertiary/aromatic N) is 1. The molecule has 1 aliphatic rings. The average Bonchev–Trinajstić information content (AvgIpc) is 2.63. The Morgan fingerprint density at radius 2 is 2.11 bits per heavy atom. The van der Waals surface area contributed by atoms with Crippen molar-refractivity contribution < 1.29 is 14.3 Å². The van der Waals surface area contributed by atoms with E-state index < -0.39 is 5.60 Å². The molecular formula is C14H19NO3S. The first-order chi connectivity index (χ1) is 8.81. The molecule has 0 bridgehead atoms. The summed E-state index contributed by atoms with van der Waals surface area (Å²) < 4.78 is 5.39. The largest absolute Gasteiger partial charge is 0.444 e. The molecule has 5 heteroatoms. The zero-order valence-electron chi connectivity index (χ0n) is 11.8. The van der Waals surface area contributed by atoms with Gasteiger partial charge in [-0.1, -0.05) is 0 Å². The molecule has 0 saturated carbocycles. The van der Waals surface area contributed by atoms with Crippen LogP contribution in [-0.4, -0.2) is 29.4 Å². The second-order valence-electron chi connectivity index (χ2n) is 5.76. The first-order valence-corrected chi connectivity index (χ1v) is 7.17. The molecule has 2 rings (SSSR count). The van der Waals surface area contributed by atoms with Gasteiger partial charge in [-0.2, -0.15) is 0 Å². The summed E-state index contributed by atoms with van der Waals surface area (Å²) in [5, 5.41) is 0. The quantitative estimate of drug-likeness (QED) is 0.743. The summed E-state index contributed by atoms with van der Waals surface area (Å²) in [5.41, 5.74) is 1.64. The maximum Gasteiger partial charge on any atom is 0.410 e. The molecule has 4 nitrogen and oxygen atoms in total. The van der Waals surface area contributed by atoms with E-state index >= 15 is 0 Å². The van der Waals surface area contributed by atoms with Crippen molar-refractivity contribution in [2.45, 2.75) is 46.3 Å². The highest BCUT2D eigenvalue weighted by Gasteiger charge is 2.28. The highest BCUT2D eigenvalue weighted by Crippen LogP contribution is 2.32. The third-order valence-corrected chi connectivity index (χ3v) is 4.43. The SMILES string of the molecule is Cc1c(C=O)sc2c1CN(C(=O)OC(C)(C)C)CC2. The second kappa shape index (κ2) is 4.96. The van der Waals surface area contributed by atoms with Crippen molar-refractivity contribution in [3.05, 3.63) is 20.9 Å². The van der Waals surface area contributed by atoms with Gasteiger partial charge in [0, 0.05) is 11.4 Å². The van der Waals surface area contributed by atoms with Crippen LogP contribution in [0, 0.1) is 6.92 Å². The minimum atomic E-state index is -0.477. The molecule has 1 aromatic rings. The van der Waals surface area contributed by atoms with Crippen LogP contribution < -0.4 is 0 Å². The Morgan fingerprint density at radius 3 is 2.68 bits per heavy atom. The molecule has 0 saturated heterocycles. The molecular weight excluding hydrogens is 262 g/mol. The van der Waals surface area contributed by atoms with Gasteiger partial charge in [-0.05, 0) is 45.2 Å². The van der Waals surface area contributed by atoms with Crippen molar-refractivity contribution in [2.24, 2.45) is 0 Å². The number of ether oxygens (including phenoxy) is 1. The molecule has 1 aromatic heterocycles. The molecule has 1 aliphatic heterocycles. The van der Waals surface area contributed by atoms with Crippen LogP contribution in [0.5, 0.6) is 0 Å². The van der Waals surface area contributed by atoms with Gasteiger partial charge in [-0.3, -0.25) is 4.79 Å². The highest BCUT2D eigenvalue weighted by molar-refractivity contribution is 7.14. The zero-order valence-corrected chi connectivity index (χ0v) is 12.6. The lowest BCUT2D eigenvalue weighted by Gasteiger charge is -2.30. The lowest BCUT2D eigenvalue weighted by Crippen LogP contribution is -2.39. The van der Waals surface area contributed by atoms with Crippen LogP contribution in [-0.2, 0) is 17.7 Å². The Hall–Kier alpha value is -1.36. The van der Waals surface area contributed by atoms with Gasteiger partial charge in [0.15, 0.2) is 6.29 Å². The highest BCUT2D eigenvalue weighted by atomic mass is 32.1. The molecule has 0 spiro atoms. The van der Waals surface area contributed by atoms with Crippen molar-refractivity contribution >= 4 is 23.7 Å². The van der Waals surface area contributed by atoms with E-state index in [1.165, 1.54) is 4.88 Å². The van der Waals surface area contributed by atoms with Gasteiger partial charge >= 0.3 is 6.09 Å². The smallest absolute Gasteiger partial charge is 0.410 e. The van der Waals surface area contributed by atoms with Gasteiger partial charge < -0.3 is 9.64 Å². The number of carbonyl (C=O) groups is 2. The normalized spacial score (nSPS) is 15.1. The van der Waals surface area contributed by atoms with Gasteiger partial charge in [-0.25, -0.2) is 4.79 Å². The van der Waals surface area contributed by atoms with E-state index in [4.69, 9.17) is 4.74 Å². The Morgan fingerprint density at radius 1 is 1.42 bits per heavy atom. The molecule has 2 heterocycles. The molecule has 0 unspecified atom stereocenters. The molecule has 0 aromatic carbocycles. The number of hydrogen-bond donors (Lipinski definition) is 0. The van der Waals surface area contributed by atoms with Crippen LogP contribution in [0.25, 0.3) is 0 Å². The monoisotopic (exact) mass is 281 g/mol. The topological polar surface area (TPSA) is 46.6 Å². The first-order valence-electron chi connectivity index (χ1n) is 6.36. The summed E-state index contributed by atoms with van der Waals surface area (Å²) in [4.78, 5) is 26.7. The summed E-state index contributed by atoms with van der Waals surface area (Å²) in [6.07, 6.45) is 1.42. The number of rotatable bonds is 1. The van der Waals surface area contributed by atoms with Crippen LogP contribution in [0.3, 0.4) is 0 Å². The Balaban J connectivity index is 2.16.